The van der Waals surface area contributed by atoms with Crippen LogP contribution >= 0.6 is 0 Å². The number of carbonyl (C=O) groups excluding carboxylic acids is 2. The number of benzene rings is 2. The number of hydrogen-bond acceptors (Lipinski definition) is 11. The molecule has 190 valence electrons. The Morgan fingerprint density at radius 1 is 0.629 bits per heavy atom. The van der Waals surface area contributed by atoms with Crippen LogP contribution in [-0.2, 0) is 23.8 Å². The molecule has 4 atom stereocenters. The van der Waals surface area contributed by atoms with Crippen molar-refractivity contribution in [1.29, 1.82) is 0 Å². The van der Waals surface area contributed by atoms with Crippen molar-refractivity contribution >= 4 is 11.9 Å². The fourth-order valence-corrected chi connectivity index (χ4v) is 4.24. The van der Waals surface area contributed by atoms with Crippen LogP contribution in [0.1, 0.15) is 23.3 Å². The quantitative estimate of drug-likeness (QED) is 0.526. The summed E-state index contributed by atoms with van der Waals surface area (Å²) in [6.45, 7) is 0. The lowest BCUT2D eigenvalue weighted by atomic mass is 9.82. The molecular weight excluding hydrogens is 464 g/mol. The van der Waals surface area contributed by atoms with Crippen molar-refractivity contribution in [3.8, 4) is 34.5 Å². The molecule has 1 heterocycles. The monoisotopic (exact) mass is 492 g/mol. The van der Waals surface area contributed by atoms with Crippen molar-refractivity contribution in [3.63, 3.8) is 0 Å². The maximum atomic E-state index is 13.0. The van der Waals surface area contributed by atoms with Gasteiger partial charge in [-0.15, -0.1) is 0 Å². The minimum Gasteiger partial charge on any atom is -0.502 e. The minimum absolute atomic E-state index is 0.0811. The molecular formula is C24H28O11. The molecule has 11 heteroatoms. The van der Waals surface area contributed by atoms with E-state index in [4.69, 9.17) is 33.2 Å². The lowest BCUT2D eigenvalue weighted by Gasteiger charge is -2.21. The van der Waals surface area contributed by atoms with Gasteiger partial charge in [0.15, 0.2) is 23.0 Å². The molecule has 2 N–H and O–H groups in total. The summed E-state index contributed by atoms with van der Waals surface area (Å²) in [5.74, 6) is -3.84. The Hall–Kier alpha value is -3.86. The Morgan fingerprint density at radius 3 is 1.14 bits per heavy atom. The van der Waals surface area contributed by atoms with E-state index in [-0.39, 0.29) is 34.5 Å². The number of aromatic hydroxyl groups is 2. The molecule has 0 amide bonds. The average molecular weight is 492 g/mol. The van der Waals surface area contributed by atoms with Crippen LogP contribution in [0.2, 0.25) is 0 Å². The molecule has 1 aliphatic rings. The van der Waals surface area contributed by atoms with Crippen molar-refractivity contribution < 1.29 is 53.0 Å². The number of phenols is 2. The Kier molecular flexibility index (Phi) is 7.80. The molecule has 1 saturated heterocycles. The second kappa shape index (κ2) is 10.6. The van der Waals surface area contributed by atoms with E-state index < -0.39 is 36.0 Å². The van der Waals surface area contributed by atoms with Crippen LogP contribution in [0.3, 0.4) is 0 Å². The highest BCUT2D eigenvalue weighted by Crippen LogP contribution is 2.54. The fraction of sp³-hybridized carbons (Fsp3) is 0.417. The lowest BCUT2D eigenvalue weighted by molar-refractivity contribution is -0.157. The standard InChI is InChI=1S/C24H28O11/c1-29-13-7-11(8-14(30-2)19(13)25)21-17(23(27)33-5)18(24(28)34-6)22(35-21)12-9-15(31-3)20(26)16(10-12)32-4/h7-10,17-18,21-22,25-26H,1-6H3/t17-,18-,21+,22+/m1/s1. The van der Waals surface area contributed by atoms with Gasteiger partial charge in [0.25, 0.3) is 0 Å². The fourth-order valence-electron chi connectivity index (χ4n) is 4.24. The molecule has 1 aliphatic heterocycles. The largest absolute Gasteiger partial charge is 0.502 e. The summed E-state index contributed by atoms with van der Waals surface area (Å²) in [7, 11) is 7.85. The summed E-state index contributed by atoms with van der Waals surface area (Å²) in [5, 5.41) is 20.6. The summed E-state index contributed by atoms with van der Waals surface area (Å²) in [6.07, 6.45) is -2.04. The molecule has 2 aromatic rings. The van der Waals surface area contributed by atoms with Crippen LogP contribution in [0.25, 0.3) is 0 Å². The van der Waals surface area contributed by atoms with E-state index in [1.807, 2.05) is 0 Å². The molecule has 0 aliphatic carbocycles. The van der Waals surface area contributed by atoms with E-state index in [9.17, 15) is 19.8 Å². The first-order valence-electron chi connectivity index (χ1n) is 10.5. The van der Waals surface area contributed by atoms with E-state index in [0.717, 1.165) is 0 Å². The number of hydrogen-bond donors (Lipinski definition) is 2. The van der Waals surface area contributed by atoms with E-state index in [1.54, 1.807) is 0 Å². The molecule has 35 heavy (non-hydrogen) atoms. The molecule has 0 radical (unpaired) electrons. The van der Waals surface area contributed by atoms with Gasteiger partial charge in [-0.25, -0.2) is 0 Å². The SMILES string of the molecule is COC(=O)[C@@H]1[C@@H](C(=O)OC)[C@H](c2cc(OC)c(O)c(OC)c2)O[C@H]1c1cc(OC)c(O)c(OC)c1. The zero-order valence-corrected chi connectivity index (χ0v) is 20.2. The van der Waals surface area contributed by atoms with Crippen LogP contribution in [0.4, 0.5) is 0 Å². The Balaban J connectivity index is 2.23. The summed E-state index contributed by atoms with van der Waals surface area (Å²) in [4.78, 5) is 25.9. The zero-order chi connectivity index (χ0) is 25.9. The highest BCUT2D eigenvalue weighted by atomic mass is 16.6. The van der Waals surface area contributed by atoms with Crippen LogP contribution in [0.5, 0.6) is 34.5 Å². The number of esters is 2. The lowest BCUT2D eigenvalue weighted by Crippen LogP contribution is -2.32. The molecule has 1 fully saturated rings. The molecule has 0 spiro atoms. The predicted octanol–water partition coefficient (Wildman–Crippen LogP) is 2.52. The predicted molar refractivity (Wildman–Crippen MR) is 120 cm³/mol. The number of phenolic OH excluding ortho intramolecular Hbond substituents is 2. The first kappa shape index (κ1) is 25.8. The van der Waals surface area contributed by atoms with Crippen molar-refractivity contribution in [2.24, 2.45) is 11.8 Å². The maximum absolute atomic E-state index is 13.0. The molecule has 0 unspecified atom stereocenters. The third kappa shape index (κ3) is 4.59. The smallest absolute Gasteiger partial charge is 0.312 e. The van der Waals surface area contributed by atoms with Gasteiger partial charge in [0.2, 0.25) is 11.5 Å². The number of methoxy groups -OCH3 is 6. The van der Waals surface area contributed by atoms with Gasteiger partial charge in [-0.3, -0.25) is 9.59 Å². The topological polar surface area (TPSA) is 139 Å². The van der Waals surface area contributed by atoms with Crippen molar-refractivity contribution in [3.05, 3.63) is 35.4 Å². The van der Waals surface area contributed by atoms with Gasteiger partial charge in [-0.2, -0.15) is 0 Å². The first-order valence-corrected chi connectivity index (χ1v) is 10.5. The average Bonchev–Trinajstić information content (AvgIpc) is 3.28. The number of ether oxygens (including phenoxy) is 7. The second-order valence-electron chi connectivity index (χ2n) is 7.62. The van der Waals surface area contributed by atoms with Crippen LogP contribution < -0.4 is 18.9 Å². The summed E-state index contributed by atoms with van der Waals surface area (Å²) in [6, 6.07) is 5.92. The normalized spacial score (nSPS) is 21.2. The summed E-state index contributed by atoms with van der Waals surface area (Å²) >= 11 is 0. The maximum Gasteiger partial charge on any atom is 0.312 e. The molecule has 0 saturated carbocycles. The summed E-state index contributed by atoms with van der Waals surface area (Å²) in [5.41, 5.74) is 0.780. The van der Waals surface area contributed by atoms with Crippen LogP contribution in [0, 0.1) is 11.8 Å². The number of carbonyl (C=O) groups is 2. The molecule has 3 rings (SSSR count). The minimum atomic E-state index is -1.14. The highest BCUT2D eigenvalue weighted by Gasteiger charge is 2.54. The van der Waals surface area contributed by atoms with Gasteiger partial charge in [0.05, 0.1) is 54.9 Å². The van der Waals surface area contributed by atoms with Crippen molar-refractivity contribution in [2.45, 2.75) is 12.2 Å². The van der Waals surface area contributed by atoms with Gasteiger partial charge in [0, 0.05) is 0 Å². The van der Waals surface area contributed by atoms with E-state index in [1.165, 1.54) is 66.9 Å². The Bertz CT molecular complexity index is 961. The molecule has 0 bridgehead atoms. The summed E-state index contributed by atoms with van der Waals surface area (Å²) < 4.78 is 37.3. The molecule has 11 nitrogen and oxygen atoms in total. The van der Waals surface area contributed by atoms with Crippen molar-refractivity contribution in [1.82, 2.24) is 0 Å². The van der Waals surface area contributed by atoms with Gasteiger partial charge in [-0.1, -0.05) is 0 Å². The first-order chi connectivity index (χ1) is 16.8. The highest BCUT2D eigenvalue weighted by molar-refractivity contribution is 5.84. The Labute approximate surface area is 202 Å². The third-order valence-electron chi connectivity index (χ3n) is 5.94. The van der Waals surface area contributed by atoms with E-state index in [0.29, 0.717) is 11.1 Å². The van der Waals surface area contributed by atoms with Crippen LogP contribution in [0.15, 0.2) is 24.3 Å². The van der Waals surface area contributed by atoms with E-state index in [2.05, 4.69) is 0 Å². The molecule has 2 aromatic carbocycles. The zero-order valence-electron chi connectivity index (χ0n) is 20.2. The number of rotatable bonds is 8. The van der Waals surface area contributed by atoms with Crippen LogP contribution in [-0.4, -0.2) is 64.8 Å². The van der Waals surface area contributed by atoms with Gasteiger partial charge >= 0.3 is 11.9 Å². The third-order valence-corrected chi connectivity index (χ3v) is 5.94. The van der Waals surface area contributed by atoms with Crippen molar-refractivity contribution in [2.75, 3.05) is 42.7 Å². The second-order valence-corrected chi connectivity index (χ2v) is 7.62. The van der Waals surface area contributed by atoms with E-state index >= 15 is 0 Å². The van der Waals surface area contributed by atoms with Gasteiger partial charge < -0.3 is 43.4 Å². The van der Waals surface area contributed by atoms with Gasteiger partial charge in [0.1, 0.15) is 11.8 Å². The molecule has 0 aromatic heterocycles. The Morgan fingerprint density at radius 2 is 0.914 bits per heavy atom. The van der Waals surface area contributed by atoms with Gasteiger partial charge in [-0.05, 0) is 35.4 Å².